The molecule has 3 heterocycles. The number of nitrogens with one attached hydrogen (secondary N) is 1. The number of aromatic nitrogens is 3. The van der Waals surface area contributed by atoms with Crippen LogP contribution in [0.4, 0.5) is 0 Å². The van der Waals surface area contributed by atoms with E-state index in [2.05, 4.69) is 33.4 Å². The van der Waals surface area contributed by atoms with Gasteiger partial charge in [-0.1, -0.05) is 24.3 Å². The Balaban J connectivity index is 0.00000324. The van der Waals surface area contributed by atoms with E-state index >= 15 is 0 Å². The smallest absolute Gasteiger partial charge is 0.213 e. The number of nitrogens with zero attached hydrogens (tertiary/aromatic N) is 5. The Hall–Kier alpha value is -2.82. The molecular weight excluding hydrogens is 543 g/mol. The molecule has 1 aliphatic rings. The molecule has 2 aromatic heterocycles. The first-order chi connectivity index (χ1) is 16.2. The van der Waals surface area contributed by atoms with Crippen molar-refractivity contribution in [3.63, 3.8) is 0 Å². The molecule has 0 saturated carbocycles. The topological polar surface area (TPSA) is 76.8 Å². The highest BCUT2D eigenvalue weighted by molar-refractivity contribution is 14.0. The Morgan fingerprint density at radius 3 is 2.65 bits per heavy atom. The first-order valence-corrected chi connectivity index (χ1v) is 11.5. The molecular formula is C25H33IN6O2. The van der Waals surface area contributed by atoms with E-state index < -0.39 is 0 Å². The summed E-state index contributed by atoms with van der Waals surface area (Å²) in [5.74, 6) is 2.86. The Kier molecular flexibility index (Phi) is 9.99. The van der Waals surface area contributed by atoms with Crippen LogP contribution < -0.4 is 14.8 Å². The van der Waals surface area contributed by atoms with Crippen LogP contribution in [-0.2, 0) is 13.6 Å². The molecule has 0 amide bonds. The van der Waals surface area contributed by atoms with Gasteiger partial charge in [-0.3, -0.25) is 4.68 Å². The Bertz CT molecular complexity index is 1030. The number of halogens is 1. The highest BCUT2D eigenvalue weighted by Gasteiger charge is 2.26. The third kappa shape index (κ3) is 7.34. The minimum Gasteiger partial charge on any atom is -0.490 e. The predicted octanol–water partition coefficient (Wildman–Crippen LogP) is 3.85. The van der Waals surface area contributed by atoms with Crippen LogP contribution >= 0.6 is 24.0 Å². The van der Waals surface area contributed by atoms with Crippen LogP contribution in [-0.4, -0.2) is 58.5 Å². The zero-order chi connectivity index (χ0) is 22.9. The standard InChI is InChI=1S/C25H32N6O2.HI/c1-3-26-25(31-12-11-21(19-31)22-17-29-30(2)18-22)28-16-20-9-10-24(27-15-20)33-14-13-32-23-7-5-4-6-8-23;/h4-10,15,17-18,21H,3,11-14,16,19H2,1-2H3,(H,26,28);1H. The monoisotopic (exact) mass is 576 g/mol. The van der Waals surface area contributed by atoms with Crippen LogP contribution in [0.2, 0.25) is 0 Å². The van der Waals surface area contributed by atoms with Crippen LogP contribution in [0.5, 0.6) is 11.6 Å². The van der Waals surface area contributed by atoms with E-state index in [4.69, 9.17) is 14.5 Å². The van der Waals surface area contributed by atoms with Crippen molar-refractivity contribution in [2.45, 2.75) is 25.8 Å². The molecule has 1 fully saturated rings. The summed E-state index contributed by atoms with van der Waals surface area (Å²) in [6.07, 6.45) is 7.02. The maximum absolute atomic E-state index is 5.68. The van der Waals surface area contributed by atoms with Crippen molar-refractivity contribution >= 4 is 29.9 Å². The zero-order valence-corrected chi connectivity index (χ0v) is 22.1. The number of guanidine groups is 1. The predicted molar refractivity (Wildman–Crippen MR) is 144 cm³/mol. The first-order valence-electron chi connectivity index (χ1n) is 11.5. The molecule has 9 heteroatoms. The zero-order valence-electron chi connectivity index (χ0n) is 19.8. The summed E-state index contributed by atoms with van der Waals surface area (Å²) in [6.45, 7) is 6.36. The van der Waals surface area contributed by atoms with Gasteiger partial charge in [0.25, 0.3) is 0 Å². The number of hydrogen-bond donors (Lipinski definition) is 1. The maximum Gasteiger partial charge on any atom is 0.213 e. The van der Waals surface area contributed by atoms with Crippen molar-refractivity contribution in [2.75, 3.05) is 32.8 Å². The van der Waals surface area contributed by atoms with Crippen molar-refractivity contribution < 1.29 is 9.47 Å². The molecule has 0 aliphatic carbocycles. The fourth-order valence-corrected chi connectivity index (χ4v) is 3.88. The fourth-order valence-electron chi connectivity index (χ4n) is 3.88. The van der Waals surface area contributed by atoms with Gasteiger partial charge < -0.3 is 19.7 Å². The van der Waals surface area contributed by atoms with Gasteiger partial charge in [-0.05, 0) is 36.6 Å². The van der Waals surface area contributed by atoms with E-state index in [1.807, 2.05) is 66.6 Å². The lowest BCUT2D eigenvalue weighted by Crippen LogP contribution is -2.40. The minimum absolute atomic E-state index is 0. The summed E-state index contributed by atoms with van der Waals surface area (Å²) in [4.78, 5) is 11.6. The molecule has 0 spiro atoms. The van der Waals surface area contributed by atoms with Crippen LogP contribution in [0.15, 0.2) is 66.0 Å². The van der Waals surface area contributed by atoms with Gasteiger partial charge in [0.2, 0.25) is 5.88 Å². The van der Waals surface area contributed by atoms with E-state index in [1.54, 1.807) is 0 Å². The molecule has 1 saturated heterocycles. The van der Waals surface area contributed by atoms with Gasteiger partial charge in [-0.25, -0.2) is 9.98 Å². The average molecular weight is 576 g/mol. The molecule has 1 unspecified atom stereocenters. The first kappa shape index (κ1) is 25.8. The number of likely N-dealkylation sites (tertiary alicyclic amines) is 1. The number of para-hydroxylation sites is 1. The number of hydrogen-bond acceptors (Lipinski definition) is 5. The van der Waals surface area contributed by atoms with Crippen molar-refractivity contribution in [3.8, 4) is 11.6 Å². The molecule has 3 aromatic rings. The lowest BCUT2D eigenvalue weighted by Gasteiger charge is -2.21. The minimum atomic E-state index is 0. The van der Waals surface area contributed by atoms with Gasteiger partial charge in [0.05, 0.1) is 12.7 Å². The van der Waals surface area contributed by atoms with Gasteiger partial charge in [0.1, 0.15) is 19.0 Å². The number of aryl methyl sites for hydroxylation is 1. The second-order valence-corrected chi connectivity index (χ2v) is 8.06. The summed E-state index contributed by atoms with van der Waals surface area (Å²) in [5.41, 5.74) is 2.34. The van der Waals surface area contributed by atoms with E-state index in [9.17, 15) is 0 Å². The second-order valence-electron chi connectivity index (χ2n) is 8.06. The Morgan fingerprint density at radius 2 is 1.94 bits per heavy atom. The van der Waals surface area contributed by atoms with Crippen LogP contribution in [0.1, 0.15) is 30.4 Å². The lowest BCUT2D eigenvalue weighted by molar-refractivity contribution is 0.212. The third-order valence-corrected chi connectivity index (χ3v) is 5.57. The van der Waals surface area contributed by atoms with Crippen molar-refractivity contribution in [1.82, 2.24) is 25.0 Å². The fraction of sp³-hybridized carbons (Fsp3) is 0.400. The van der Waals surface area contributed by atoms with Crippen LogP contribution in [0, 0.1) is 0 Å². The molecule has 1 aliphatic heterocycles. The quantitative estimate of drug-likeness (QED) is 0.181. The molecule has 182 valence electrons. The second kappa shape index (κ2) is 13.2. The van der Waals surface area contributed by atoms with Gasteiger partial charge in [0.15, 0.2) is 5.96 Å². The summed E-state index contributed by atoms with van der Waals surface area (Å²) in [5, 5.41) is 7.74. The number of pyridine rings is 1. The molecule has 1 atom stereocenters. The molecule has 1 aromatic carbocycles. The van der Waals surface area contributed by atoms with Crippen LogP contribution in [0.25, 0.3) is 0 Å². The largest absolute Gasteiger partial charge is 0.490 e. The van der Waals surface area contributed by atoms with Crippen molar-refractivity contribution in [1.29, 1.82) is 0 Å². The number of benzene rings is 1. The maximum atomic E-state index is 5.68. The average Bonchev–Trinajstić information content (AvgIpc) is 3.50. The summed E-state index contributed by atoms with van der Waals surface area (Å²) >= 11 is 0. The van der Waals surface area contributed by atoms with Gasteiger partial charge >= 0.3 is 0 Å². The molecule has 0 radical (unpaired) electrons. The molecule has 4 rings (SSSR count). The highest BCUT2D eigenvalue weighted by atomic mass is 127. The van der Waals surface area contributed by atoms with Crippen LogP contribution in [0.3, 0.4) is 0 Å². The lowest BCUT2D eigenvalue weighted by atomic mass is 10.0. The molecule has 34 heavy (non-hydrogen) atoms. The van der Waals surface area contributed by atoms with Gasteiger partial charge in [-0.15, -0.1) is 24.0 Å². The number of rotatable bonds is 9. The highest BCUT2D eigenvalue weighted by Crippen LogP contribution is 2.26. The summed E-state index contributed by atoms with van der Waals surface area (Å²) in [6, 6.07) is 13.6. The third-order valence-electron chi connectivity index (χ3n) is 5.57. The Labute approximate surface area is 218 Å². The Morgan fingerprint density at radius 1 is 1.12 bits per heavy atom. The van der Waals surface area contributed by atoms with E-state index in [1.165, 1.54) is 5.56 Å². The van der Waals surface area contributed by atoms with E-state index in [-0.39, 0.29) is 24.0 Å². The van der Waals surface area contributed by atoms with Crippen molar-refractivity contribution in [2.24, 2.45) is 12.0 Å². The molecule has 8 nitrogen and oxygen atoms in total. The normalized spacial score (nSPS) is 15.6. The van der Waals surface area contributed by atoms with Gasteiger partial charge in [-0.2, -0.15) is 5.10 Å². The SMILES string of the molecule is CCNC(=NCc1ccc(OCCOc2ccccc2)nc1)N1CCC(c2cnn(C)c2)C1.I. The van der Waals surface area contributed by atoms with E-state index in [0.717, 1.165) is 43.3 Å². The number of ether oxygens (including phenoxy) is 2. The summed E-state index contributed by atoms with van der Waals surface area (Å²) < 4.78 is 13.2. The molecule has 1 N–H and O–H groups in total. The molecule has 0 bridgehead atoms. The van der Waals surface area contributed by atoms with Crippen molar-refractivity contribution in [3.05, 3.63) is 72.2 Å². The summed E-state index contributed by atoms with van der Waals surface area (Å²) in [7, 11) is 1.96. The van der Waals surface area contributed by atoms with E-state index in [0.29, 0.717) is 31.6 Å². The number of aliphatic imine (C=N–C) groups is 1. The van der Waals surface area contributed by atoms with Gasteiger partial charge in [0, 0.05) is 51.1 Å².